The molecule has 1 unspecified atom stereocenters. The van der Waals surface area contributed by atoms with Gasteiger partial charge in [0.25, 0.3) is 0 Å². The van der Waals surface area contributed by atoms with Crippen LogP contribution in [-0.4, -0.2) is 50.0 Å². The molecule has 170 valence electrons. The van der Waals surface area contributed by atoms with Crippen molar-refractivity contribution in [1.82, 2.24) is 30.2 Å². The first-order valence-electron chi connectivity index (χ1n) is 10.9. The van der Waals surface area contributed by atoms with Gasteiger partial charge in [-0.25, -0.2) is 15.0 Å². The smallest absolute Gasteiger partial charge is 0.247 e. The van der Waals surface area contributed by atoms with E-state index in [1.807, 2.05) is 18.2 Å². The molecular weight excluding hydrogens is 430 g/mol. The molecule has 4 aromatic heterocycles. The van der Waals surface area contributed by atoms with Gasteiger partial charge in [-0.2, -0.15) is 0 Å². The van der Waals surface area contributed by atoms with E-state index >= 15 is 0 Å². The minimum atomic E-state index is -0.299. The first-order valence-corrected chi connectivity index (χ1v) is 10.9. The van der Waals surface area contributed by atoms with Gasteiger partial charge >= 0.3 is 0 Å². The van der Waals surface area contributed by atoms with Gasteiger partial charge in [0, 0.05) is 42.3 Å². The van der Waals surface area contributed by atoms with Crippen LogP contribution >= 0.6 is 0 Å². The highest BCUT2D eigenvalue weighted by Crippen LogP contribution is 2.26. The number of aromatic nitrogens is 5. The highest BCUT2D eigenvalue weighted by molar-refractivity contribution is 5.99. The maximum Gasteiger partial charge on any atom is 0.247 e. The number of amides is 1. The second kappa shape index (κ2) is 9.59. The van der Waals surface area contributed by atoms with E-state index in [1.165, 1.54) is 6.08 Å². The number of nitrogens with one attached hydrogen (secondary N) is 4. The van der Waals surface area contributed by atoms with Crippen LogP contribution in [0.1, 0.15) is 6.42 Å². The van der Waals surface area contributed by atoms with Crippen LogP contribution < -0.4 is 21.3 Å². The summed E-state index contributed by atoms with van der Waals surface area (Å²) in [7, 11) is 0. The zero-order valence-electron chi connectivity index (χ0n) is 18.3. The standard InChI is InChI=1S/C24H23N9O/c1-2-21(34)31-16-7-10-26-19(11-16)23-22-15(5-9-27-23)12-29-24(33-22)32-17-3-4-20(28-14-17)30-18-6-8-25-13-18/h2-5,7,9-12,14,18,25H,1,6,8,13H2,(H,28,30)(H,26,31,34)(H,29,32,33). The van der Waals surface area contributed by atoms with E-state index in [0.29, 0.717) is 34.6 Å². The minimum Gasteiger partial charge on any atom is -0.366 e. The molecule has 4 N–H and O–H groups in total. The maximum absolute atomic E-state index is 11.7. The van der Waals surface area contributed by atoms with Gasteiger partial charge < -0.3 is 21.3 Å². The van der Waals surface area contributed by atoms with Crippen molar-refractivity contribution in [1.29, 1.82) is 0 Å². The van der Waals surface area contributed by atoms with Gasteiger partial charge in [-0.05, 0) is 49.4 Å². The Morgan fingerprint density at radius 1 is 1.06 bits per heavy atom. The van der Waals surface area contributed by atoms with Crippen molar-refractivity contribution in [3.8, 4) is 11.4 Å². The minimum absolute atomic E-state index is 0.299. The Morgan fingerprint density at radius 2 is 1.97 bits per heavy atom. The molecule has 0 bridgehead atoms. The number of carbonyl (C=O) groups is 1. The molecule has 5 rings (SSSR count). The number of nitrogens with zero attached hydrogens (tertiary/aromatic N) is 5. The second-order valence-electron chi connectivity index (χ2n) is 7.81. The molecule has 1 saturated heterocycles. The first-order chi connectivity index (χ1) is 16.7. The Morgan fingerprint density at radius 3 is 2.76 bits per heavy atom. The molecule has 1 aliphatic rings. The Balaban J connectivity index is 1.39. The van der Waals surface area contributed by atoms with Crippen molar-refractivity contribution < 1.29 is 4.79 Å². The molecule has 4 aromatic rings. The summed E-state index contributed by atoms with van der Waals surface area (Å²) in [5.41, 5.74) is 3.16. The normalized spacial score (nSPS) is 15.1. The van der Waals surface area contributed by atoms with E-state index in [1.54, 1.807) is 36.9 Å². The summed E-state index contributed by atoms with van der Waals surface area (Å²) >= 11 is 0. The zero-order valence-corrected chi connectivity index (χ0v) is 18.3. The summed E-state index contributed by atoms with van der Waals surface area (Å²) < 4.78 is 0. The lowest BCUT2D eigenvalue weighted by Gasteiger charge is -2.12. The lowest BCUT2D eigenvalue weighted by molar-refractivity contribution is -0.111. The predicted octanol–water partition coefficient (Wildman–Crippen LogP) is 3.12. The number of anilines is 4. The fourth-order valence-corrected chi connectivity index (χ4v) is 3.70. The summed E-state index contributed by atoms with van der Waals surface area (Å²) in [6, 6.07) is 9.55. The van der Waals surface area contributed by atoms with Crippen LogP contribution in [0.25, 0.3) is 22.3 Å². The monoisotopic (exact) mass is 453 g/mol. The number of rotatable bonds is 7. The highest BCUT2D eigenvalue weighted by atomic mass is 16.1. The molecule has 1 amide bonds. The van der Waals surface area contributed by atoms with Crippen LogP contribution in [0.4, 0.5) is 23.1 Å². The van der Waals surface area contributed by atoms with Crippen molar-refractivity contribution in [2.24, 2.45) is 0 Å². The van der Waals surface area contributed by atoms with E-state index in [-0.39, 0.29) is 5.91 Å². The van der Waals surface area contributed by atoms with Crippen LogP contribution in [0.3, 0.4) is 0 Å². The lowest BCUT2D eigenvalue weighted by Crippen LogP contribution is -2.22. The molecule has 0 aromatic carbocycles. The molecule has 0 saturated carbocycles. The van der Waals surface area contributed by atoms with E-state index in [2.05, 4.69) is 52.8 Å². The van der Waals surface area contributed by atoms with Crippen LogP contribution in [-0.2, 0) is 4.79 Å². The summed E-state index contributed by atoms with van der Waals surface area (Å²) in [6.07, 6.45) is 9.07. The lowest BCUT2D eigenvalue weighted by atomic mass is 10.1. The molecule has 10 nitrogen and oxygen atoms in total. The first kappa shape index (κ1) is 21.4. The third kappa shape index (κ3) is 4.81. The summed E-state index contributed by atoms with van der Waals surface area (Å²) in [4.78, 5) is 34.1. The van der Waals surface area contributed by atoms with E-state index in [9.17, 15) is 4.79 Å². The van der Waals surface area contributed by atoms with Gasteiger partial charge in [-0.1, -0.05) is 6.58 Å². The third-order valence-electron chi connectivity index (χ3n) is 5.39. The Bertz CT molecular complexity index is 1330. The van der Waals surface area contributed by atoms with Gasteiger partial charge in [0.2, 0.25) is 11.9 Å². The van der Waals surface area contributed by atoms with Crippen molar-refractivity contribution in [3.05, 3.63) is 67.8 Å². The van der Waals surface area contributed by atoms with Gasteiger partial charge in [-0.15, -0.1) is 0 Å². The van der Waals surface area contributed by atoms with Gasteiger partial charge in [0.05, 0.1) is 17.6 Å². The molecule has 1 aliphatic heterocycles. The van der Waals surface area contributed by atoms with Gasteiger partial charge in [-0.3, -0.25) is 14.8 Å². The number of hydrogen-bond donors (Lipinski definition) is 4. The van der Waals surface area contributed by atoms with Crippen molar-refractivity contribution in [2.75, 3.05) is 29.0 Å². The molecule has 10 heteroatoms. The topological polar surface area (TPSA) is 130 Å². The van der Waals surface area contributed by atoms with Crippen molar-refractivity contribution in [3.63, 3.8) is 0 Å². The average Bonchev–Trinajstić information content (AvgIpc) is 3.38. The Labute approximate surface area is 196 Å². The number of hydrogen-bond acceptors (Lipinski definition) is 9. The maximum atomic E-state index is 11.7. The van der Waals surface area contributed by atoms with Crippen LogP contribution in [0.5, 0.6) is 0 Å². The van der Waals surface area contributed by atoms with E-state index < -0.39 is 0 Å². The van der Waals surface area contributed by atoms with E-state index in [0.717, 1.165) is 36.4 Å². The molecule has 1 fully saturated rings. The van der Waals surface area contributed by atoms with Crippen LogP contribution in [0.15, 0.2) is 67.8 Å². The fraction of sp³-hybridized carbons (Fsp3) is 0.167. The molecule has 0 spiro atoms. The molecule has 34 heavy (non-hydrogen) atoms. The highest BCUT2D eigenvalue weighted by Gasteiger charge is 2.14. The molecule has 1 atom stereocenters. The van der Waals surface area contributed by atoms with Crippen molar-refractivity contribution in [2.45, 2.75) is 12.5 Å². The summed E-state index contributed by atoms with van der Waals surface area (Å²) in [5.74, 6) is 0.951. The second-order valence-corrected chi connectivity index (χ2v) is 7.81. The number of carbonyl (C=O) groups excluding carboxylic acids is 1. The van der Waals surface area contributed by atoms with Crippen LogP contribution in [0, 0.1) is 0 Å². The fourth-order valence-electron chi connectivity index (χ4n) is 3.70. The quantitative estimate of drug-likeness (QED) is 0.312. The van der Waals surface area contributed by atoms with E-state index in [4.69, 9.17) is 0 Å². The Kier molecular flexibility index (Phi) is 6.04. The zero-order chi connectivity index (χ0) is 23.3. The summed E-state index contributed by atoms with van der Waals surface area (Å²) in [6.45, 7) is 5.45. The third-order valence-corrected chi connectivity index (χ3v) is 5.39. The van der Waals surface area contributed by atoms with Gasteiger partial charge in [0.15, 0.2) is 0 Å². The van der Waals surface area contributed by atoms with Crippen LogP contribution in [0.2, 0.25) is 0 Å². The van der Waals surface area contributed by atoms with Gasteiger partial charge in [0.1, 0.15) is 17.0 Å². The van der Waals surface area contributed by atoms with Crippen molar-refractivity contribution >= 4 is 40.0 Å². The summed E-state index contributed by atoms with van der Waals surface area (Å²) in [5, 5.41) is 13.5. The number of fused-ring (bicyclic) bond motifs is 1. The molecule has 0 aliphatic carbocycles. The molecule has 0 radical (unpaired) electrons. The largest absolute Gasteiger partial charge is 0.366 e. The Hall–Kier alpha value is -4.44. The average molecular weight is 454 g/mol. The molecule has 5 heterocycles. The SMILES string of the molecule is C=CC(=O)Nc1ccnc(-c2nccc3cnc(Nc4ccc(NC5CCNC5)nc4)nc23)c1. The number of pyridine rings is 3. The molecular formula is C24H23N9O. The predicted molar refractivity (Wildman–Crippen MR) is 132 cm³/mol.